The molecule has 0 radical (unpaired) electrons. The molecule has 1 aliphatic heterocycles. The van der Waals surface area contributed by atoms with Crippen molar-refractivity contribution < 1.29 is 4.74 Å². The Bertz CT molecular complexity index is 290. The number of ether oxygens (including phenoxy) is 1. The summed E-state index contributed by atoms with van der Waals surface area (Å²) >= 11 is 7.48. The monoisotopic (exact) mass is 217 g/mol. The van der Waals surface area contributed by atoms with E-state index in [1.807, 2.05) is 6.07 Å². The van der Waals surface area contributed by atoms with Crippen molar-refractivity contribution in [3.05, 3.63) is 21.3 Å². The molecule has 1 fully saturated rings. The Kier molecular flexibility index (Phi) is 2.60. The van der Waals surface area contributed by atoms with Gasteiger partial charge in [0.2, 0.25) is 0 Å². The molecule has 4 heteroatoms. The molecule has 0 aromatic carbocycles. The number of rotatable bonds is 3. The molecule has 2 heterocycles. The van der Waals surface area contributed by atoms with E-state index in [1.54, 1.807) is 11.3 Å². The van der Waals surface area contributed by atoms with Gasteiger partial charge in [0.05, 0.1) is 17.6 Å². The van der Waals surface area contributed by atoms with Crippen LogP contribution in [0.5, 0.6) is 0 Å². The molecule has 0 amide bonds. The molecule has 1 aliphatic rings. The molecule has 72 valence electrons. The first-order valence-corrected chi connectivity index (χ1v) is 5.46. The third-order valence-electron chi connectivity index (χ3n) is 2.43. The summed E-state index contributed by atoms with van der Waals surface area (Å²) in [6, 6.07) is 4.01. The predicted octanol–water partition coefficient (Wildman–Crippen LogP) is 1.92. The Labute approximate surface area is 86.6 Å². The summed E-state index contributed by atoms with van der Waals surface area (Å²) in [6.45, 7) is 2.28. The highest BCUT2D eigenvalue weighted by Gasteiger charge is 2.37. The molecule has 2 nitrogen and oxygen atoms in total. The second-order valence-corrected chi connectivity index (χ2v) is 5.38. The van der Waals surface area contributed by atoms with E-state index in [-0.39, 0.29) is 5.41 Å². The molecular weight excluding hydrogens is 206 g/mol. The highest BCUT2D eigenvalue weighted by molar-refractivity contribution is 7.16. The van der Waals surface area contributed by atoms with Gasteiger partial charge in [-0.05, 0) is 18.6 Å². The molecule has 1 saturated heterocycles. The summed E-state index contributed by atoms with van der Waals surface area (Å²) in [5.41, 5.74) is 5.90. The Morgan fingerprint density at radius 2 is 2.31 bits per heavy atom. The lowest BCUT2D eigenvalue weighted by Gasteiger charge is -2.40. The molecule has 1 aromatic rings. The zero-order valence-corrected chi connectivity index (χ0v) is 8.83. The minimum Gasteiger partial charge on any atom is -0.380 e. The Hall–Kier alpha value is -0.0900. The second kappa shape index (κ2) is 3.58. The van der Waals surface area contributed by atoms with Crippen LogP contribution < -0.4 is 5.73 Å². The average Bonchev–Trinajstić information content (AvgIpc) is 2.44. The number of hydrogen-bond acceptors (Lipinski definition) is 3. The maximum Gasteiger partial charge on any atom is 0.0931 e. The van der Waals surface area contributed by atoms with Crippen LogP contribution in [0.4, 0.5) is 0 Å². The van der Waals surface area contributed by atoms with E-state index >= 15 is 0 Å². The van der Waals surface area contributed by atoms with E-state index in [4.69, 9.17) is 22.1 Å². The van der Waals surface area contributed by atoms with Gasteiger partial charge in [-0.1, -0.05) is 11.6 Å². The van der Waals surface area contributed by atoms with Gasteiger partial charge >= 0.3 is 0 Å². The van der Waals surface area contributed by atoms with E-state index in [9.17, 15) is 0 Å². The third-order valence-corrected chi connectivity index (χ3v) is 3.66. The average molecular weight is 218 g/mol. The normalized spacial score (nSPS) is 19.8. The summed E-state index contributed by atoms with van der Waals surface area (Å²) < 4.78 is 6.05. The van der Waals surface area contributed by atoms with Crippen molar-refractivity contribution in [2.45, 2.75) is 6.42 Å². The number of thiophene rings is 1. The maximum atomic E-state index is 5.85. The fourth-order valence-corrected chi connectivity index (χ4v) is 2.76. The smallest absolute Gasteiger partial charge is 0.0931 e. The first-order chi connectivity index (χ1) is 6.24. The summed E-state index contributed by atoms with van der Waals surface area (Å²) in [6.07, 6.45) is 1.00. The molecule has 0 saturated carbocycles. The Balaban J connectivity index is 2.04. The largest absolute Gasteiger partial charge is 0.380 e. The lowest BCUT2D eigenvalue weighted by atomic mass is 9.82. The zero-order chi connectivity index (χ0) is 9.31. The van der Waals surface area contributed by atoms with Gasteiger partial charge in [-0.25, -0.2) is 0 Å². The van der Waals surface area contributed by atoms with Gasteiger partial charge in [-0.3, -0.25) is 0 Å². The van der Waals surface area contributed by atoms with Crippen molar-refractivity contribution in [2.24, 2.45) is 11.1 Å². The van der Waals surface area contributed by atoms with Crippen molar-refractivity contribution in [3.63, 3.8) is 0 Å². The molecule has 0 unspecified atom stereocenters. The van der Waals surface area contributed by atoms with Crippen molar-refractivity contribution >= 4 is 22.9 Å². The molecule has 13 heavy (non-hydrogen) atoms. The van der Waals surface area contributed by atoms with Crippen molar-refractivity contribution in [3.8, 4) is 0 Å². The van der Waals surface area contributed by atoms with Crippen LogP contribution in [0.25, 0.3) is 0 Å². The number of nitrogens with two attached hydrogens (primary N) is 1. The highest BCUT2D eigenvalue weighted by Crippen LogP contribution is 2.33. The van der Waals surface area contributed by atoms with Crippen LogP contribution in [0, 0.1) is 5.41 Å². The predicted molar refractivity (Wildman–Crippen MR) is 55.3 cm³/mol. The summed E-state index contributed by atoms with van der Waals surface area (Å²) in [7, 11) is 0. The Morgan fingerprint density at radius 1 is 1.54 bits per heavy atom. The fourth-order valence-electron chi connectivity index (χ4n) is 1.50. The minimum atomic E-state index is 0.189. The molecular formula is C9H12ClNOS. The van der Waals surface area contributed by atoms with E-state index in [0.717, 1.165) is 24.0 Å². The maximum absolute atomic E-state index is 5.85. The molecule has 0 spiro atoms. The van der Waals surface area contributed by atoms with Crippen LogP contribution in [-0.2, 0) is 11.2 Å². The van der Waals surface area contributed by atoms with Crippen LogP contribution in [0.2, 0.25) is 4.34 Å². The molecule has 0 bridgehead atoms. The summed E-state index contributed by atoms with van der Waals surface area (Å²) in [4.78, 5) is 1.30. The minimum absolute atomic E-state index is 0.189. The van der Waals surface area contributed by atoms with Crippen LogP contribution in [0.3, 0.4) is 0 Å². The highest BCUT2D eigenvalue weighted by atomic mass is 35.5. The molecule has 2 N–H and O–H groups in total. The molecule has 0 atom stereocenters. The molecule has 2 rings (SSSR count). The van der Waals surface area contributed by atoms with Gasteiger partial charge in [-0.15, -0.1) is 11.3 Å². The van der Waals surface area contributed by atoms with Gasteiger partial charge in [0.25, 0.3) is 0 Å². The molecule has 0 aliphatic carbocycles. The Morgan fingerprint density at radius 3 is 2.69 bits per heavy atom. The van der Waals surface area contributed by atoms with E-state index in [0.29, 0.717) is 6.54 Å². The van der Waals surface area contributed by atoms with Gasteiger partial charge in [0, 0.05) is 16.8 Å². The van der Waals surface area contributed by atoms with Crippen LogP contribution in [0.15, 0.2) is 12.1 Å². The van der Waals surface area contributed by atoms with Crippen molar-refractivity contribution in [1.29, 1.82) is 0 Å². The van der Waals surface area contributed by atoms with Crippen LogP contribution in [0.1, 0.15) is 4.88 Å². The topological polar surface area (TPSA) is 35.2 Å². The van der Waals surface area contributed by atoms with Crippen LogP contribution >= 0.6 is 22.9 Å². The first-order valence-electron chi connectivity index (χ1n) is 4.26. The van der Waals surface area contributed by atoms with E-state index < -0.39 is 0 Å². The van der Waals surface area contributed by atoms with Gasteiger partial charge < -0.3 is 10.5 Å². The SMILES string of the molecule is NCC1(Cc2ccc(Cl)s2)COC1. The quantitative estimate of drug-likeness (QED) is 0.840. The number of hydrogen-bond donors (Lipinski definition) is 1. The zero-order valence-electron chi connectivity index (χ0n) is 7.25. The lowest BCUT2D eigenvalue weighted by Crippen LogP contribution is -2.49. The second-order valence-electron chi connectivity index (χ2n) is 3.58. The van der Waals surface area contributed by atoms with E-state index in [2.05, 4.69) is 6.07 Å². The lowest BCUT2D eigenvalue weighted by molar-refractivity contribution is -0.106. The van der Waals surface area contributed by atoms with E-state index in [1.165, 1.54) is 4.88 Å². The molecule has 1 aromatic heterocycles. The van der Waals surface area contributed by atoms with Gasteiger partial charge in [0.15, 0.2) is 0 Å². The summed E-state index contributed by atoms with van der Waals surface area (Å²) in [5.74, 6) is 0. The van der Waals surface area contributed by atoms with Gasteiger partial charge in [-0.2, -0.15) is 0 Å². The third kappa shape index (κ3) is 1.89. The number of halogens is 1. The van der Waals surface area contributed by atoms with Crippen molar-refractivity contribution in [2.75, 3.05) is 19.8 Å². The fraction of sp³-hybridized carbons (Fsp3) is 0.556. The standard InChI is InChI=1S/C9H12ClNOS/c10-8-2-1-7(13-8)3-9(4-11)5-12-6-9/h1-2H,3-6,11H2. The first kappa shape index (κ1) is 9.46. The van der Waals surface area contributed by atoms with Crippen molar-refractivity contribution in [1.82, 2.24) is 0 Å². The van der Waals surface area contributed by atoms with Crippen LogP contribution in [-0.4, -0.2) is 19.8 Å². The summed E-state index contributed by atoms with van der Waals surface area (Å²) in [5, 5.41) is 0. The van der Waals surface area contributed by atoms with Gasteiger partial charge in [0.1, 0.15) is 0 Å².